The number of rotatable bonds is 2. The zero-order valence-corrected chi connectivity index (χ0v) is 18.3. The van der Waals surface area contributed by atoms with Gasteiger partial charge in [0.2, 0.25) is 0 Å². The summed E-state index contributed by atoms with van der Waals surface area (Å²) in [7, 11) is 4.60. The molecule has 3 fully saturated rings. The molecule has 2 aromatic rings. The Hall–Kier alpha value is -2.97. The quantitative estimate of drug-likeness (QED) is 0.235. The minimum absolute atomic E-state index is 0.0122. The molecule has 32 heavy (non-hydrogen) atoms. The van der Waals surface area contributed by atoms with Crippen LogP contribution in [-0.2, 0) is 19.7 Å². The summed E-state index contributed by atoms with van der Waals surface area (Å²) in [5, 5.41) is 14.8. The number of ether oxygens (including phenoxy) is 2. The molecule has 0 spiro atoms. The number of piperidine rings is 1. The summed E-state index contributed by atoms with van der Waals surface area (Å²) < 4.78 is 13.1. The number of carbonyl (C=O) groups is 1. The summed E-state index contributed by atoms with van der Waals surface area (Å²) in [6, 6.07) is 17.4. The third-order valence-electron chi connectivity index (χ3n) is 7.94. The second-order valence-corrected chi connectivity index (χ2v) is 9.77. The maximum absolute atomic E-state index is 13.6. The van der Waals surface area contributed by atoms with Gasteiger partial charge in [-0.05, 0) is 29.2 Å². The lowest BCUT2D eigenvalue weighted by Gasteiger charge is -2.45. The van der Waals surface area contributed by atoms with Crippen molar-refractivity contribution in [1.82, 2.24) is 0 Å². The van der Waals surface area contributed by atoms with Crippen LogP contribution >= 0.6 is 0 Å². The molecule has 168 valence electrons. The number of nitrogens with zero attached hydrogens (tertiary/aromatic N) is 2. The highest BCUT2D eigenvalue weighted by molar-refractivity contribution is 5.97. The van der Waals surface area contributed by atoms with Gasteiger partial charge in [-0.3, -0.25) is 4.79 Å². The molecule has 0 N–H and O–H groups in total. The zero-order valence-electron chi connectivity index (χ0n) is 18.3. The molecule has 2 aromatic carbocycles. The largest absolute Gasteiger partial charge is 0.461 e. The number of fused-ring (bicyclic) bond motifs is 8. The smallest absolute Gasteiger partial charge is 0.321 e. The van der Waals surface area contributed by atoms with Crippen LogP contribution in [0, 0.1) is 15.3 Å². The first-order valence-electron chi connectivity index (χ1n) is 10.9. The average Bonchev–Trinajstić information content (AvgIpc) is 3.46. The summed E-state index contributed by atoms with van der Waals surface area (Å²) >= 11 is 0. The molecule has 0 aromatic heterocycles. The maximum atomic E-state index is 13.6. The van der Waals surface area contributed by atoms with Crippen molar-refractivity contribution < 1.29 is 23.8 Å². The third kappa shape index (κ3) is 2.93. The van der Waals surface area contributed by atoms with E-state index in [0.717, 1.165) is 39.6 Å². The van der Waals surface area contributed by atoms with E-state index >= 15 is 0 Å². The van der Waals surface area contributed by atoms with Gasteiger partial charge in [-0.25, -0.2) is 0 Å². The van der Waals surface area contributed by atoms with Crippen molar-refractivity contribution in [3.8, 4) is 11.1 Å². The molecule has 0 radical (unpaired) electrons. The topological polar surface area (TPSA) is 105 Å². The van der Waals surface area contributed by atoms with Crippen LogP contribution in [0.15, 0.2) is 48.5 Å². The molecule has 4 atom stereocenters. The third-order valence-corrected chi connectivity index (χ3v) is 7.94. The average molecular weight is 438 g/mol. The molecule has 0 amide bonds. The lowest BCUT2D eigenvalue weighted by Crippen LogP contribution is -2.60. The van der Waals surface area contributed by atoms with Gasteiger partial charge in [0.15, 0.2) is 0 Å². The van der Waals surface area contributed by atoms with Crippen molar-refractivity contribution in [3.63, 3.8) is 0 Å². The van der Waals surface area contributed by atoms with Crippen molar-refractivity contribution in [2.24, 2.45) is 0 Å². The van der Waals surface area contributed by atoms with Crippen molar-refractivity contribution in [1.29, 1.82) is 0 Å². The van der Waals surface area contributed by atoms with E-state index in [0.29, 0.717) is 24.3 Å². The van der Waals surface area contributed by atoms with Crippen molar-refractivity contribution in [2.75, 3.05) is 14.1 Å². The Morgan fingerprint density at radius 2 is 1.44 bits per heavy atom. The van der Waals surface area contributed by atoms with E-state index < -0.39 is 10.5 Å². The molecule has 0 saturated carbocycles. The van der Waals surface area contributed by atoms with Gasteiger partial charge in [-0.1, -0.05) is 48.5 Å². The molecule has 8 nitrogen and oxygen atoms in total. The second kappa shape index (κ2) is 7.02. The van der Waals surface area contributed by atoms with Crippen LogP contribution < -0.4 is 0 Å². The summed E-state index contributed by atoms with van der Waals surface area (Å²) in [6.45, 7) is 2.03. The maximum Gasteiger partial charge on any atom is 0.321 e. The number of hydrogen-bond donors (Lipinski definition) is 0. The number of carbonyl (C=O) groups excluding carboxylic acids is 1. The van der Waals surface area contributed by atoms with Gasteiger partial charge in [0.1, 0.15) is 35.8 Å². The van der Waals surface area contributed by atoms with Crippen molar-refractivity contribution in [3.05, 3.63) is 75.0 Å². The van der Waals surface area contributed by atoms with E-state index in [4.69, 9.17) is 24.8 Å². The lowest BCUT2D eigenvalue weighted by molar-refractivity contribution is -0.938. The first-order chi connectivity index (χ1) is 15.2. The van der Waals surface area contributed by atoms with Crippen LogP contribution in [0.4, 0.5) is 0 Å². The monoisotopic (exact) mass is 438 g/mol. The van der Waals surface area contributed by atoms with E-state index in [1.165, 1.54) is 0 Å². The van der Waals surface area contributed by atoms with E-state index in [2.05, 4.69) is 38.4 Å². The first-order valence-corrected chi connectivity index (χ1v) is 10.9. The van der Waals surface area contributed by atoms with Crippen LogP contribution in [-0.4, -0.2) is 60.0 Å². The number of epoxide rings is 1. The van der Waals surface area contributed by atoms with E-state index in [9.17, 15) is 4.79 Å². The normalized spacial score (nSPS) is 31.3. The highest BCUT2D eigenvalue weighted by atomic mass is 16.9. The number of esters is 1. The molecule has 1 aliphatic carbocycles. The number of likely N-dealkylation sites (N-methyl/N-ethyl adjacent to an activating group) is 1. The summed E-state index contributed by atoms with van der Waals surface area (Å²) in [5.41, 5.74) is 3.67. The van der Waals surface area contributed by atoms with Crippen LogP contribution in [0.3, 0.4) is 0 Å². The summed E-state index contributed by atoms with van der Waals surface area (Å²) in [4.78, 5) is 21.8. The SMILES string of the molecule is CC1(C(=O)OC2CC3C4OC4C(C2)[N+]3(C)C)c2ccccc2-c2ccccc21.O=[N+]([O-])[O-]. The summed E-state index contributed by atoms with van der Waals surface area (Å²) in [5.74, 6) is -0.115. The molecule has 2 bridgehead atoms. The zero-order chi connectivity index (χ0) is 22.8. The fourth-order valence-electron chi connectivity index (χ4n) is 6.24. The van der Waals surface area contributed by atoms with Gasteiger partial charge in [-0.2, -0.15) is 0 Å². The van der Waals surface area contributed by atoms with E-state index in [-0.39, 0.29) is 12.1 Å². The molecule has 3 heterocycles. The fraction of sp³-hybridized carbons (Fsp3) is 0.458. The molecule has 8 heteroatoms. The van der Waals surface area contributed by atoms with Gasteiger partial charge < -0.3 is 29.3 Å². The highest BCUT2D eigenvalue weighted by Crippen LogP contribution is 2.53. The minimum Gasteiger partial charge on any atom is -0.461 e. The molecule has 4 unspecified atom stereocenters. The molecule has 6 rings (SSSR count). The fourth-order valence-corrected chi connectivity index (χ4v) is 6.24. The number of hydrogen-bond acceptors (Lipinski definition) is 6. The van der Waals surface area contributed by atoms with Gasteiger partial charge in [0, 0.05) is 12.8 Å². The predicted molar refractivity (Wildman–Crippen MR) is 116 cm³/mol. The minimum atomic E-state index is -1.75. The van der Waals surface area contributed by atoms with E-state index in [1.807, 2.05) is 31.2 Å². The van der Waals surface area contributed by atoms with Gasteiger partial charge in [-0.15, -0.1) is 0 Å². The van der Waals surface area contributed by atoms with Gasteiger partial charge in [0.05, 0.1) is 19.2 Å². The first kappa shape index (κ1) is 20.9. The Labute approximate surface area is 186 Å². The van der Waals surface area contributed by atoms with Crippen LogP contribution in [0.25, 0.3) is 11.1 Å². The number of morpholine rings is 1. The molecule has 4 aliphatic rings. The number of benzene rings is 2. The Bertz CT molecular complexity index is 1030. The van der Waals surface area contributed by atoms with Crippen LogP contribution in [0.5, 0.6) is 0 Å². The predicted octanol–water partition coefficient (Wildman–Crippen LogP) is 3.03. The van der Waals surface area contributed by atoms with Gasteiger partial charge >= 0.3 is 5.97 Å². The van der Waals surface area contributed by atoms with E-state index in [1.54, 1.807) is 0 Å². The van der Waals surface area contributed by atoms with Crippen molar-refractivity contribution >= 4 is 5.97 Å². The Morgan fingerprint density at radius 1 is 1.00 bits per heavy atom. The van der Waals surface area contributed by atoms with Gasteiger partial charge in [0.25, 0.3) is 0 Å². The van der Waals surface area contributed by atoms with Crippen LogP contribution in [0.2, 0.25) is 0 Å². The second-order valence-electron chi connectivity index (χ2n) is 9.77. The molecule has 3 saturated heterocycles. The Morgan fingerprint density at radius 3 is 1.91 bits per heavy atom. The number of quaternary nitrogens is 1. The Kier molecular flexibility index (Phi) is 4.58. The lowest BCUT2D eigenvalue weighted by atomic mass is 9.80. The highest BCUT2D eigenvalue weighted by Gasteiger charge is 2.71. The van der Waals surface area contributed by atoms with Crippen LogP contribution in [0.1, 0.15) is 30.9 Å². The molecular weight excluding hydrogens is 412 g/mol. The summed E-state index contributed by atoms with van der Waals surface area (Å²) in [6.07, 6.45) is 2.52. The Balaban J connectivity index is 0.000000501. The molecule has 3 aliphatic heterocycles. The van der Waals surface area contributed by atoms with Crippen molar-refractivity contribution in [2.45, 2.75) is 55.6 Å². The molecular formula is C24H26N2O6. The standard InChI is InChI=1S/C24H26NO3.NO3/c1-24(17-10-6-4-8-15(17)16-9-5-7-11-18(16)24)23(26)27-14-12-19-21-22(28-21)20(13-14)25(19,2)3;2-1(3)4/h4-11,14,19-22H,12-13H2,1-3H3;/q+1;-1.